The molecule has 5 nitrogen and oxygen atoms in total. The average Bonchev–Trinajstić information content (AvgIpc) is 2.62. The van der Waals surface area contributed by atoms with Crippen molar-refractivity contribution in [2.75, 3.05) is 21.3 Å². The van der Waals surface area contributed by atoms with Crippen molar-refractivity contribution in [1.29, 1.82) is 0 Å². The van der Waals surface area contributed by atoms with Crippen LogP contribution in [0.25, 0.3) is 6.08 Å². The van der Waals surface area contributed by atoms with Gasteiger partial charge in [0.2, 0.25) is 5.75 Å². The highest BCUT2D eigenvalue weighted by Gasteiger charge is 2.12. The van der Waals surface area contributed by atoms with Gasteiger partial charge >= 0.3 is 5.97 Å². The lowest BCUT2D eigenvalue weighted by molar-refractivity contribution is -0.138. The van der Waals surface area contributed by atoms with Crippen LogP contribution in [0.4, 0.5) is 0 Å². The van der Waals surface area contributed by atoms with Crippen LogP contribution >= 0.6 is 0 Å². The van der Waals surface area contributed by atoms with Crippen LogP contribution in [-0.2, 0) is 16.1 Å². The number of aryl methyl sites for hydroxylation is 2. The predicted molar refractivity (Wildman–Crippen MR) is 101 cm³/mol. The van der Waals surface area contributed by atoms with Gasteiger partial charge in [0.25, 0.3) is 0 Å². The average molecular weight is 356 g/mol. The second-order valence-corrected chi connectivity index (χ2v) is 5.90. The van der Waals surface area contributed by atoms with Gasteiger partial charge < -0.3 is 18.9 Å². The van der Waals surface area contributed by atoms with Crippen LogP contribution in [0.5, 0.6) is 17.2 Å². The van der Waals surface area contributed by atoms with Gasteiger partial charge in [-0.05, 0) is 43.2 Å². The Morgan fingerprint density at radius 2 is 1.46 bits per heavy atom. The second kappa shape index (κ2) is 8.94. The van der Waals surface area contributed by atoms with Crippen LogP contribution in [0.1, 0.15) is 22.3 Å². The lowest BCUT2D eigenvalue weighted by Crippen LogP contribution is -2.01. The molecule has 2 aromatic rings. The number of hydrogen-bond acceptors (Lipinski definition) is 5. The Bertz CT molecular complexity index is 763. The maximum atomic E-state index is 12.0. The number of methoxy groups -OCH3 is 3. The topological polar surface area (TPSA) is 54.0 Å². The maximum absolute atomic E-state index is 12.0. The zero-order valence-corrected chi connectivity index (χ0v) is 15.8. The standard InChI is InChI=1S/C21H24O5/c1-14-8-15(2)10-17(9-14)13-26-20(22)7-6-16-11-18(23-3)21(25-5)19(12-16)24-4/h6-12H,13H2,1-5H3/b7-6+. The van der Waals surface area contributed by atoms with Crippen LogP contribution in [-0.4, -0.2) is 27.3 Å². The summed E-state index contributed by atoms with van der Waals surface area (Å²) in [6.45, 7) is 4.27. The molecule has 0 saturated carbocycles. The van der Waals surface area contributed by atoms with Gasteiger partial charge in [-0.3, -0.25) is 0 Å². The molecule has 0 aromatic heterocycles. The van der Waals surface area contributed by atoms with Crippen LogP contribution in [0.2, 0.25) is 0 Å². The molecular weight excluding hydrogens is 332 g/mol. The summed E-state index contributed by atoms with van der Waals surface area (Å²) >= 11 is 0. The van der Waals surface area contributed by atoms with Gasteiger partial charge in [-0.15, -0.1) is 0 Å². The summed E-state index contributed by atoms with van der Waals surface area (Å²) in [6.07, 6.45) is 3.03. The molecule has 0 atom stereocenters. The molecule has 0 unspecified atom stereocenters. The minimum Gasteiger partial charge on any atom is -0.493 e. The van der Waals surface area contributed by atoms with Crippen LogP contribution in [0, 0.1) is 13.8 Å². The van der Waals surface area contributed by atoms with Crippen molar-refractivity contribution >= 4 is 12.0 Å². The summed E-state index contributed by atoms with van der Waals surface area (Å²) in [6, 6.07) is 9.60. The first kappa shape index (κ1) is 19.4. The summed E-state index contributed by atoms with van der Waals surface area (Å²) in [7, 11) is 4.63. The molecule has 0 amide bonds. The number of hydrogen-bond donors (Lipinski definition) is 0. The van der Waals surface area contributed by atoms with Gasteiger partial charge in [0.05, 0.1) is 21.3 Å². The van der Waals surface area contributed by atoms with Gasteiger partial charge in [0.1, 0.15) is 6.61 Å². The Balaban J connectivity index is 2.07. The molecule has 0 bridgehead atoms. The number of carbonyl (C=O) groups is 1. The van der Waals surface area contributed by atoms with E-state index >= 15 is 0 Å². The SMILES string of the molecule is COc1cc(/C=C/C(=O)OCc2cc(C)cc(C)c2)cc(OC)c1OC. The highest BCUT2D eigenvalue weighted by molar-refractivity contribution is 5.87. The van der Waals surface area contributed by atoms with Gasteiger partial charge in [-0.2, -0.15) is 0 Å². The number of esters is 1. The number of benzene rings is 2. The Hall–Kier alpha value is -2.95. The van der Waals surface area contributed by atoms with E-state index in [-0.39, 0.29) is 6.61 Å². The molecule has 2 aromatic carbocycles. The number of rotatable bonds is 7. The van der Waals surface area contributed by atoms with Crippen molar-refractivity contribution in [1.82, 2.24) is 0 Å². The van der Waals surface area contributed by atoms with Gasteiger partial charge in [0.15, 0.2) is 11.5 Å². The van der Waals surface area contributed by atoms with Gasteiger partial charge in [-0.1, -0.05) is 29.3 Å². The summed E-state index contributed by atoms with van der Waals surface area (Å²) in [5.74, 6) is 1.13. The Kier molecular flexibility index (Phi) is 6.67. The largest absolute Gasteiger partial charge is 0.493 e. The Morgan fingerprint density at radius 1 is 0.885 bits per heavy atom. The summed E-state index contributed by atoms with van der Waals surface area (Å²) in [5, 5.41) is 0. The van der Waals surface area contributed by atoms with E-state index in [1.54, 1.807) is 39.5 Å². The molecule has 0 radical (unpaired) electrons. The zero-order valence-electron chi connectivity index (χ0n) is 15.8. The van der Waals surface area contributed by atoms with E-state index in [2.05, 4.69) is 6.07 Å². The summed E-state index contributed by atoms with van der Waals surface area (Å²) in [4.78, 5) is 12.0. The minimum atomic E-state index is -0.419. The highest BCUT2D eigenvalue weighted by Crippen LogP contribution is 2.38. The van der Waals surface area contributed by atoms with E-state index in [0.717, 1.165) is 22.3 Å². The molecule has 5 heteroatoms. The molecule has 2 rings (SSSR count). The molecular formula is C21H24O5. The molecule has 0 aliphatic heterocycles. The van der Waals surface area contributed by atoms with E-state index in [4.69, 9.17) is 18.9 Å². The molecule has 0 fully saturated rings. The van der Waals surface area contributed by atoms with Crippen molar-refractivity contribution in [3.05, 3.63) is 58.7 Å². The third-order valence-electron chi connectivity index (χ3n) is 3.76. The third-order valence-corrected chi connectivity index (χ3v) is 3.76. The molecule has 0 heterocycles. The smallest absolute Gasteiger partial charge is 0.331 e. The van der Waals surface area contributed by atoms with Crippen LogP contribution < -0.4 is 14.2 Å². The van der Waals surface area contributed by atoms with E-state index in [0.29, 0.717) is 17.2 Å². The number of ether oxygens (including phenoxy) is 4. The quantitative estimate of drug-likeness (QED) is 0.552. The fraction of sp³-hybridized carbons (Fsp3) is 0.286. The Morgan fingerprint density at radius 3 is 1.96 bits per heavy atom. The summed E-state index contributed by atoms with van der Waals surface area (Å²) in [5.41, 5.74) is 3.99. The molecule has 26 heavy (non-hydrogen) atoms. The number of carbonyl (C=O) groups excluding carboxylic acids is 1. The molecule has 0 saturated heterocycles. The zero-order chi connectivity index (χ0) is 19.1. The first-order chi connectivity index (χ1) is 12.5. The van der Waals surface area contributed by atoms with E-state index < -0.39 is 5.97 Å². The van der Waals surface area contributed by atoms with Gasteiger partial charge in [0, 0.05) is 6.08 Å². The van der Waals surface area contributed by atoms with Crippen LogP contribution in [0.15, 0.2) is 36.4 Å². The van der Waals surface area contributed by atoms with Crippen molar-refractivity contribution in [2.24, 2.45) is 0 Å². The lowest BCUT2D eigenvalue weighted by atomic mass is 10.1. The fourth-order valence-corrected chi connectivity index (χ4v) is 2.72. The summed E-state index contributed by atoms with van der Waals surface area (Å²) < 4.78 is 21.2. The van der Waals surface area contributed by atoms with Crippen molar-refractivity contribution in [2.45, 2.75) is 20.5 Å². The first-order valence-corrected chi connectivity index (χ1v) is 8.19. The second-order valence-electron chi connectivity index (χ2n) is 5.90. The molecule has 0 aliphatic rings. The molecule has 138 valence electrons. The van der Waals surface area contributed by atoms with E-state index in [1.807, 2.05) is 26.0 Å². The normalized spacial score (nSPS) is 10.7. The fourth-order valence-electron chi connectivity index (χ4n) is 2.72. The van der Waals surface area contributed by atoms with E-state index in [9.17, 15) is 4.79 Å². The van der Waals surface area contributed by atoms with Crippen molar-refractivity contribution in [3.63, 3.8) is 0 Å². The van der Waals surface area contributed by atoms with Crippen molar-refractivity contribution < 1.29 is 23.7 Å². The lowest BCUT2D eigenvalue weighted by Gasteiger charge is -2.12. The highest BCUT2D eigenvalue weighted by atomic mass is 16.5. The third kappa shape index (κ3) is 5.02. The molecule has 0 spiro atoms. The molecule has 0 N–H and O–H groups in total. The Labute approximate surface area is 154 Å². The van der Waals surface area contributed by atoms with E-state index in [1.165, 1.54) is 6.08 Å². The predicted octanol–water partition coefficient (Wildman–Crippen LogP) is 4.09. The van der Waals surface area contributed by atoms with Crippen LogP contribution in [0.3, 0.4) is 0 Å². The first-order valence-electron chi connectivity index (χ1n) is 8.19. The minimum absolute atomic E-state index is 0.237. The van der Waals surface area contributed by atoms with Gasteiger partial charge in [-0.25, -0.2) is 4.79 Å². The maximum Gasteiger partial charge on any atom is 0.331 e. The monoisotopic (exact) mass is 356 g/mol. The molecule has 0 aliphatic carbocycles. The van der Waals surface area contributed by atoms with Crippen molar-refractivity contribution in [3.8, 4) is 17.2 Å².